The maximum atomic E-state index is 12.6. The molecule has 0 N–H and O–H groups in total. The lowest BCUT2D eigenvalue weighted by atomic mass is 10.2. The monoisotopic (exact) mass is 308 g/mol. The second-order valence-corrected chi connectivity index (χ2v) is 6.08. The van der Waals surface area contributed by atoms with E-state index in [1.54, 1.807) is 11.8 Å². The Morgan fingerprint density at radius 2 is 1.55 bits per heavy atom. The van der Waals surface area contributed by atoms with Crippen LogP contribution in [-0.4, -0.2) is 15.7 Å². The third-order valence-electron chi connectivity index (χ3n) is 3.40. The van der Waals surface area contributed by atoms with Crippen molar-refractivity contribution in [3.8, 4) is 0 Å². The highest BCUT2D eigenvalue weighted by Gasteiger charge is 2.18. The first kappa shape index (κ1) is 14.6. The van der Waals surface area contributed by atoms with Gasteiger partial charge in [-0.1, -0.05) is 48.2 Å². The minimum Gasteiger partial charge on any atom is -0.267 e. The van der Waals surface area contributed by atoms with Crippen LogP contribution in [0.2, 0.25) is 0 Å². The summed E-state index contributed by atoms with van der Waals surface area (Å²) in [6.07, 6.45) is 0. The fourth-order valence-electron chi connectivity index (χ4n) is 2.28. The molecule has 0 aliphatic rings. The minimum atomic E-state index is -0.0962. The first-order valence-corrected chi connectivity index (χ1v) is 7.87. The van der Waals surface area contributed by atoms with Gasteiger partial charge in [0.05, 0.1) is 16.3 Å². The Morgan fingerprint density at radius 1 is 0.955 bits per heavy atom. The first-order chi connectivity index (χ1) is 10.7. The van der Waals surface area contributed by atoms with Gasteiger partial charge in [0.15, 0.2) is 0 Å². The predicted molar refractivity (Wildman–Crippen MR) is 88.4 cm³/mol. The number of carbonyl (C=O) groups is 1. The van der Waals surface area contributed by atoms with Crippen molar-refractivity contribution in [2.45, 2.75) is 23.6 Å². The third-order valence-corrected chi connectivity index (χ3v) is 4.70. The van der Waals surface area contributed by atoms with Crippen molar-refractivity contribution in [2.24, 2.45) is 0 Å². The van der Waals surface area contributed by atoms with Crippen molar-refractivity contribution in [1.29, 1.82) is 0 Å². The van der Waals surface area contributed by atoms with Crippen molar-refractivity contribution >= 4 is 17.7 Å². The number of hydrogen-bond acceptors (Lipinski definition) is 3. The highest BCUT2D eigenvalue weighted by atomic mass is 32.2. The number of carbonyl (C=O) groups excluding carboxylic acids is 1. The van der Waals surface area contributed by atoms with E-state index in [0.29, 0.717) is 5.56 Å². The van der Waals surface area contributed by atoms with Gasteiger partial charge in [0, 0.05) is 10.5 Å². The largest absolute Gasteiger partial charge is 0.278 e. The lowest BCUT2D eigenvalue weighted by molar-refractivity contribution is 0.0942. The van der Waals surface area contributed by atoms with E-state index in [2.05, 4.69) is 17.2 Å². The molecule has 0 amide bonds. The fourth-order valence-corrected chi connectivity index (χ4v) is 3.23. The predicted octanol–water partition coefficient (Wildman–Crippen LogP) is 4.34. The molecule has 0 saturated heterocycles. The maximum Gasteiger partial charge on any atom is 0.278 e. The van der Waals surface area contributed by atoms with Gasteiger partial charge in [0.25, 0.3) is 5.91 Å². The van der Waals surface area contributed by atoms with Crippen LogP contribution >= 0.6 is 11.8 Å². The molecule has 0 unspecified atom stereocenters. The molecule has 1 aromatic heterocycles. The zero-order valence-corrected chi connectivity index (χ0v) is 13.3. The van der Waals surface area contributed by atoms with Gasteiger partial charge in [-0.2, -0.15) is 9.78 Å². The summed E-state index contributed by atoms with van der Waals surface area (Å²) in [6.45, 7) is 3.87. The van der Waals surface area contributed by atoms with Crippen molar-refractivity contribution in [1.82, 2.24) is 9.78 Å². The maximum absolute atomic E-state index is 12.6. The molecule has 3 rings (SSSR count). The molecule has 22 heavy (non-hydrogen) atoms. The Kier molecular flexibility index (Phi) is 4.11. The van der Waals surface area contributed by atoms with Crippen molar-refractivity contribution < 1.29 is 4.79 Å². The Labute approximate surface area is 134 Å². The Balaban J connectivity index is 1.95. The summed E-state index contributed by atoms with van der Waals surface area (Å²) < 4.78 is 1.50. The van der Waals surface area contributed by atoms with Gasteiger partial charge in [0.2, 0.25) is 0 Å². The number of benzene rings is 2. The summed E-state index contributed by atoms with van der Waals surface area (Å²) in [5.41, 5.74) is 2.39. The highest BCUT2D eigenvalue weighted by molar-refractivity contribution is 7.99. The fraction of sp³-hybridized carbons (Fsp3) is 0.111. The molecule has 0 bridgehead atoms. The Bertz CT molecular complexity index is 795. The van der Waals surface area contributed by atoms with Crippen LogP contribution in [0.15, 0.2) is 70.5 Å². The van der Waals surface area contributed by atoms with Gasteiger partial charge in [-0.05, 0) is 38.1 Å². The number of rotatable bonds is 3. The zero-order valence-electron chi connectivity index (χ0n) is 12.5. The molecule has 0 spiro atoms. The number of aryl methyl sites for hydroxylation is 1. The molecule has 0 aliphatic carbocycles. The van der Waals surface area contributed by atoms with Gasteiger partial charge >= 0.3 is 0 Å². The standard InChI is InChI=1S/C18H16N2OS/c1-13-17(22-16-11-7-4-8-12-16)14(2)20(19-13)18(21)15-9-5-3-6-10-15/h3-12H,1-2H3. The average molecular weight is 308 g/mol. The van der Waals surface area contributed by atoms with Gasteiger partial charge < -0.3 is 0 Å². The molecule has 0 saturated carbocycles. The Hall–Kier alpha value is -2.33. The lowest BCUT2D eigenvalue weighted by Gasteiger charge is -2.04. The number of aromatic nitrogens is 2. The van der Waals surface area contributed by atoms with E-state index in [-0.39, 0.29) is 5.91 Å². The Morgan fingerprint density at radius 3 is 2.18 bits per heavy atom. The molecule has 3 aromatic rings. The van der Waals surface area contributed by atoms with Crippen molar-refractivity contribution in [3.63, 3.8) is 0 Å². The van der Waals surface area contributed by atoms with E-state index in [1.807, 2.05) is 62.4 Å². The normalized spacial score (nSPS) is 10.6. The summed E-state index contributed by atoms with van der Waals surface area (Å²) in [5, 5.41) is 4.43. The van der Waals surface area contributed by atoms with E-state index in [0.717, 1.165) is 21.2 Å². The van der Waals surface area contributed by atoms with Gasteiger partial charge in [0.1, 0.15) is 0 Å². The van der Waals surface area contributed by atoms with Crippen LogP contribution in [0.5, 0.6) is 0 Å². The van der Waals surface area contributed by atoms with Gasteiger partial charge in [-0.15, -0.1) is 0 Å². The summed E-state index contributed by atoms with van der Waals surface area (Å²) in [4.78, 5) is 14.8. The molecular weight excluding hydrogens is 292 g/mol. The molecule has 3 nitrogen and oxygen atoms in total. The second-order valence-electron chi connectivity index (χ2n) is 5.00. The summed E-state index contributed by atoms with van der Waals surface area (Å²) in [6, 6.07) is 19.3. The van der Waals surface area contributed by atoms with Gasteiger partial charge in [-0.3, -0.25) is 4.79 Å². The van der Waals surface area contributed by atoms with Crippen LogP contribution in [0.25, 0.3) is 0 Å². The van der Waals surface area contributed by atoms with E-state index in [9.17, 15) is 4.79 Å². The van der Waals surface area contributed by atoms with Crippen LogP contribution in [0, 0.1) is 13.8 Å². The van der Waals surface area contributed by atoms with E-state index < -0.39 is 0 Å². The van der Waals surface area contributed by atoms with Crippen LogP contribution in [0.1, 0.15) is 21.7 Å². The molecule has 1 heterocycles. The molecule has 110 valence electrons. The SMILES string of the molecule is Cc1nn(C(=O)c2ccccc2)c(C)c1Sc1ccccc1. The second kappa shape index (κ2) is 6.20. The average Bonchev–Trinajstić information content (AvgIpc) is 2.84. The summed E-state index contributed by atoms with van der Waals surface area (Å²) in [5.74, 6) is -0.0962. The van der Waals surface area contributed by atoms with Crippen LogP contribution in [-0.2, 0) is 0 Å². The molecule has 0 atom stereocenters. The molecule has 4 heteroatoms. The van der Waals surface area contributed by atoms with Crippen molar-refractivity contribution in [2.75, 3.05) is 0 Å². The molecule has 2 aromatic carbocycles. The summed E-state index contributed by atoms with van der Waals surface area (Å²) >= 11 is 1.64. The highest BCUT2D eigenvalue weighted by Crippen LogP contribution is 2.32. The van der Waals surface area contributed by atoms with Gasteiger partial charge in [-0.25, -0.2) is 0 Å². The number of hydrogen-bond donors (Lipinski definition) is 0. The molecule has 0 radical (unpaired) electrons. The smallest absolute Gasteiger partial charge is 0.267 e. The molecule has 0 aliphatic heterocycles. The van der Waals surface area contributed by atoms with Crippen LogP contribution in [0.3, 0.4) is 0 Å². The van der Waals surface area contributed by atoms with E-state index >= 15 is 0 Å². The van der Waals surface area contributed by atoms with Crippen molar-refractivity contribution in [3.05, 3.63) is 77.6 Å². The quantitative estimate of drug-likeness (QED) is 0.722. The third kappa shape index (κ3) is 2.83. The first-order valence-electron chi connectivity index (χ1n) is 7.05. The molecular formula is C18H16N2OS. The van der Waals surface area contributed by atoms with Crippen LogP contribution < -0.4 is 0 Å². The lowest BCUT2D eigenvalue weighted by Crippen LogP contribution is -2.15. The summed E-state index contributed by atoms with van der Waals surface area (Å²) in [7, 11) is 0. The molecule has 0 fully saturated rings. The van der Waals surface area contributed by atoms with E-state index in [1.165, 1.54) is 4.68 Å². The zero-order chi connectivity index (χ0) is 15.5. The topological polar surface area (TPSA) is 34.9 Å². The van der Waals surface area contributed by atoms with E-state index in [4.69, 9.17) is 0 Å². The van der Waals surface area contributed by atoms with Crippen LogP contribution in [0.4, 0.5) is 0 Å². The number of nitrogens with zero attached hydrogens (tertiary/aromatic N) is 2. The minimum absolute atomic E-state index is 0.0962.